The molecular formula is C52H68N8O7. The predicted octanol–water partition coefficient (Wildman–Crippen LogP) is 5.37. The number of methoxy groups -OCH3 is 1. The summed E-state index contributed by atoms with van der Waals surface area (Å²) in [6.45, 7) is 17.3. The first-order valence-corrected chi connectivity index (χ1v) is 24.4. The first-order valence-electron chi connectivity index (χ1n) is 24.4. The Bertz CT molecular complexity index is 2550. The SMILES string of the molecule is CCn1c(-c2cccnc2[C@H](C)OC)c2c3cc(ccc31)-c1cc(O)cc(c1)C[C@H](NC(=O)[C@H](C(C)C)N1CC[C@@]3(CCN(C[C@@H]4CN4)C3)C1=O)C(=O)N1CCC[C@H](N1)C(=O)OCC(C)(C)C2. The van der Waals surface area contributed by atoms with Crippen molar-refractivity contribution in [3.63, 3.8) is 0 Å². The van der Waals surface area contributed by atoms with E-state index in [0.29, 0.717) is 63.5 Å². The number of fused-ring (bicyclic) bond motifs is 6. The average molecular weight is 917 g/mol. The Morgan fingerprint density at radius 1 is 1.04 bits per heavy atom. The van der Waals surface area contributed by atoms with Crippen LogP contribution in [-0.4, -0.2) is 130 Å². The lowest BCUT2D eigenvalue weighted by Crippen LogP contribution is -2.62. The Morgan fingerprint density at radius 2 is 1.84 bits per heavy atom. The number of cyclic esters (lactones) is 1. The summed E-state index contributed by atoms with van der Waals surface area (Å²) >= 11 is 0. The molecule has 4 N–H and O–H groups in total. The standard InChI is InChI=1S/C52H68N8O7/c1-8-58-43-14-13-34-25-39(43)40(46(58)38-11-9-17-53-44(38)32(4)66-7)26-51(5,6)30-67-49(64)41-12-10-18-60(56-41)48(63)42(23-33-21-35(34)24-37(61)22-33)55-47(62)45(31(2)3)59-20-16-52(50(59)65)15-19-57(29-52)28-36-27-54-36/h9,11,13-14,17,21-22,24-25,31-32,36,41-42,45,54,56,61H,8,10,12,15-16,18-20,23,26-30H2,1-7H3,(H,55,62)/t32-,36-,41-,42-,45-,52+/m0/s1. The molecule has 1 spiro atoms. The normalized spacial score (nSPS) is 25.4. The van der Waals surface area contributed by atoms with Crippen molar-refractivity contribution in [2.45, 2.75) is 117 Å². The number of phenolic OH excluding ortho intramolecular Hbond substituents is 1. The van der Waals surface area contributed by atoms with Crippen LogP contribution in [0.1, 0.15) is 90.2 Å². The third-order valence-corrected chi connectivity index (χ3v) is 14.9. The summed E-state index contributed by atoms with van der Waals surface area (Å²) in [7, 11) is 1.68. The number of carbonyl (C=O) groups is 4. The summed E-state index contributed by atoms with van der Waals surface area (Å²) in [5.74, 6) is -1.47. The Balaban J connectivity index is 1.10. The van der Waals surface area contributed by atoms with E-state index in [-0.39, 0.29) is 36.7 Å². The number of aromatic nitrogens is 2. The van der Waals surface area contributed by atoms with E-state index in [0.717, 1.165) is 70.6 Å². The Kier molecular flexibility index (Phi) is 13.0. The number of phenols is 1. The van der Waals surface area contributed by atoms with Crippen LogP contribution in [0.4, 0.5) is 0 Å². The molecule has 5 aliphatic rings. The van der Waals surface area contributed by atoms with Gasteiger partial charge in [0, 0.05) is 86.9 Å². The van der Waals surface area contributed by atoms with Crippen LogP contribution < -0.4 is 16.1 Å². The number of aromatic hydroxyl groups is 1. The minimum Gasteiger partial charge on any atom is -0.508 e. The second-order valence-electron chi connectivity index (χ2n) is 20.8. The number of pyridine rings is 1. The number of likely N-dealkylation sites (tertiary alicyclic amines) is 2. The molecule has 15 heteroatoms. The van der Waals surface area contributed by atoms with Crippen LogP contribution in [-0.2, 0) is 48.0 Å². The number of benzene rings is 2. The van der Waals surface area contributed by atoms with E-state index in [2.05, 4.69) is 70.6 Å². The molecule has 67 heavy (non-hydrogen) atoms. The summed E-state index contributed by atoms with van der Waals surface area (Å²) in [5, 5.41) is 20.3. The molecule has 0 saturated carbocycles. The van der Waals surface area contributed by atoms with Crippen LogP contribution in [0.15, 0.2) is 54.7 Å². The molecule has 6 bridgehead atoms. The van der Waals surface area contributed by atoms with Gasteiger partial charge in [-0.3, -0.25) is 29.2 Å². The lowest BCUT2D eigenvalue weighted by Gasteiger charge is -2.37. The number of hydrazine groups is 1. The molecule has 2 aromatic heterocycles. The number of hydrogen-bond acceptors (Lipinski definition) is 11. The van der Waals surface area contributed by atoms with Crippen molar-refractivity contribution in [2.75, 3.05) is 53.0 Å². The van der Waals surface area contributed by atoms with Crippen molar-refractivity contribution in [1.29, 1.82) is 0 Å². The van der Waals surface area contributed by atoms with Crippen molar-refractivity contribution in [3.05, 3.63) is 71.5 Å². The van der Waals surface area contributed by atoms with Crippen molar-refractivity contribution < 1.29 is 33.8 Å². The second-order valence-corrected chi connectivity index (χ2v) is 20.8. The average Bonchev–Trinajstić information content (AvgIpc) is 3.85. The van der Waals surface area contributed by atoms with E-state index in [1.807, 2.05) is 32.9 Å². The summed E-state index contributed by atoms with van der Waals surface area (Å²) in [6.07, 6.45) is 4.59. The van der Waals surface area contributed by atoms with E-state index < -0.39 is 46.7 Å². The number of nitrogens with one attached hydrogen (secondary N) is 3. The van der Waals surface area contributed by atoms with Crippen LogP contribution in [0.2, 0.25) is 0 Å². The van der Waals surface area contributed by atoms with Gasteiger partial charge in [0.05, 0.1) is 29.5 Å². The number of aryl methyl sites for hydroxylation is 1. The minimum atomic E-state index is -1.10. The number of hydrogen-bond donors (Lipinski definition) is 4. The molecule has 4 saturated heterocycles. The van der Waals surface area contributed by atoms with Gasteiger partial charge >= 0.3 is 5.97 Å². The Hall–Kier alpha value is -5.35. The fourth-order valence-electron chi connectivity index (χ4n) is 11.3. The van der Waals surface area contributed by atoms with Crippen LogP contribution in [0.5, 0.6) is 5.75 Å². The molecule has 3 amide bonds. The van der Waals surface area contributed by atoms with Gasteiger partial charge in [-0.2, -0.15) is 0 Å². The highest BCUT2D eigenvalue weighted by molar-refractivity contribution is 5.96. The van der Waals surface area contributed by atoms with E-state index in [1.54, 1.807) is 30.3 Å². The molecule has 9 rings (SSSR count). The fourth-order valence-corrected chi connectivity index (χ4v) is 11.3. The number of nitrogens with zero attached hydrogens (tertiary/aromatic N) is 5. The van der Waals surface area contributed by atoms with Crippen molar-refractivity contribution in [2.24, 2.45) is 16.7 Å². The van der Waals surface area contributed by atoms with Gasteiger partial charge < -0.3 is 39.6 Å². The molecule has 0 radical (unpaired) electrons. The molecular weight excluding hydrogens is 849 g/mol. The van der Waals surface area contributed by atoms with Gasteiger partial charge in [-0.1, -0.05) is 39.8 Å². The summed E-state index contributed by atoms with van der Waals surface area (Å²) in [4.78, 5) is 66.9. The number of esters is 1. The zero-order valence-corrected chi connectivity index (χ0v) is 40.2. The number of ether oxygens (including phenoxy) is 2. The van der Waals surface area contributed by atoms with Gasteiger partial charge in [0.25, 0.3) is 5.91 Å². The first-order chi connectivity index (χ1) is 32.1. The maximum atomic E-state index is 14.8. The maximum Gasteiger partial charge on any atom is 0.324 e. The molecule has 4 aromatic rings. The first kappa shape index (κ1) is 46.7. The molecule has 15 nitrogen and oxygen atoms in total. The highest BCUT2D eigenvalue weighted by Crippen LogP contribution is 2.44. The molecule has 4 fully saturated rings. The van der Waals surface area contributed by atoms with Crippen LogP contribution in [0, 0.1) is 16.7 Å². The van der Waals surface area contributed by atoms with Crippen molar-refractivity contribution in [3.8, 4) is 28.1 Å². The minimum absolute atomic E-state index is 0.00966. The second kappa shape index (κ2) is 18.6. The van der Waals surface area contributed by atoms with E-state index in [1.165, 1.54) is 5.01 Å². The third-order valence-electron chi connectivity index (χ3n) is 14.9. The zero-order chi connectivity index (χ0) is 47.4. The van der Waals surface area contributed by atoms with Crippen LogP contribution in [0.25, 0.3) is 33.3 Å². The predicted molar refractivity (Wildman–Crippen MR) is 256 cm³/mol. The van der Waals surface area contributed by atoms with E-state index in [9.17, 15) is 24.3 Å². The molecule has 7 heterocycles. The third kappa shape index (κ3) is 9.32. The van der Waals surface area contributed by atoms with Crippen LogP contribution in [0.3, 0.4) is 0 Å². The number of rotatable bonds is 10. The largest absolute Gasteiger partial charge is 0.508 e. The molecule has 5 aliphatic heterocycles. The monoisotopic (exact) mass is 917 g/mol. The van der Waals surface area contributed by atoms with Gasteiger partial charge in [0.1, 0.15) is 23.9 Å². The lowest BCUT2D eigenvalue weighted by molar-refractivity contribution is -0.155. The Morgan fingerprint density at radius 3 is 2.58 bits per heavy atom. The van der Waals surface area contributed by atoms with Gasteiger partial charge in [0.2, 0.25) is 11.8 Å². The number of amides is 3. The molecule has 358 valence electrons. The molecule has 0 aliphatic carbocycles. The molecule has 6 atom stereocenters. The highest BCUT2D eigenvalue weighted by Gasteiger charge is 2.54. The van der Waals surface area contributed by atoms with Crippen molar-refractivity contribution in [1.82, 2.24) is 40.4 Å². The zero-order valence-electron chi connectivity index (χ0n) is 40.2. The van der Waals surface area contributed by atoms with Gasteiger partial charge in [0.15, 0.2) is 0 Å². The summed E-state index contributed by atoms with van der Waals surface area (Å²) < 4.78 is 14.3. The molecule has 0 unspecified atom stereocenters. The van der Waals surface area contributed by atoms with Gasteiger partial charge in [-0.25, -0.2) is 5.43 Å². The summed E-state index contributed by atoms with van der Waals surface area (Å²) in [6, 6.07) is 13.5. The van der Waals surface area contributed by atoms with Gasteiger partial charge in [-0.05, 0) is 117 Å². The van der Waals surface area contributed by atoms with E-state index >= 15 is 0 Å². The van der Waals surface area contributed by atoms with Crippen LogP contribution >= 0.6 is 0 Å². The highest BCUT2D eigenvalue weighted by atomic mass is 16.5. The fraction of sp³-hybridized carbons (Fsp3) is 0.558. The van der Waals surface area contributed by atoms with Crippen molar-refractivity contribution >= 4 is 34.6 Å². The quantitative estimate of drug-likeness (QED) is 0.119. The topological polar surface area (TPSA) is 181 Å². The van der Waals surface area contributed by atoms with Gasteiger partial charge in [-0.15, -0.1) is 0 Å². The lowest BCUT2D eigenvalue weighted by atomic mass is 9.84. The maximum absolute atomic E-state index is 14.8. The number of carbonyl (C=O) groups excluding carboxylic acids is 4. The smallest absolute Gasteiger partial charge is 0.324 e. The summed E-state index contributed by atoms with van der Waals surface area (Å²) in [5.41, 5.74) is 9.30. The molecule has 2 aromatic carbocycles. The van der Waals surface area contributed by atoms with E-state index in [4.69, 9.17) is 14.5 Å². The Labute approximate surface area is 393 Å².